The summed E-state index contributed by atoms with van der Waals surface area (Å²) in [6.07, 6.45) is 1.64. The van der Waals surface area contributed by atoms with Gasteiger partial charge < -0.3 is 9.52 Å². The van der Waals surface area contributed by atoms with Crippen molar-refractivity contribution >= 4 is 45.3 Å². The van der Waals surface area contributed by atoms with E-state index in [1.807, 2.05) is 24.3 Å². The second kappa shape index (κ2) is 7.52. The van der Waals surface area contributed by atoms with Crippen molar-refractivity contribution in [2.45, 2.75) is 6.92 Å². The van der Waals surface area contributed by atoms with Gasteiger partial charge in [0.1, 0.15) is 11.5 Å². The Bertz CT molecular complexity index is 1180. The summed E-state index contributed by atoms with van der Waals surface area (Å²) in [7, 11) is 0. The molecule has 2 aromatic carbocycles. The van der Waals surface area contributed by atoms with Crippen LogP contribution in [0, 0.1) is 0 Å². The van der Waals surface area contributed by atoms with Crippen molar-refractivity contribution in [3.63, 3.8) is 0 Å². The lowest BCUT2D eigenvalue weighted by atomic mass is 10.1. The van der Waals surface area contributed by atoms with E-state index < -0.39 is 5.97 Å². The van der Waals surface area contributed by atoms with E-state index in [9.17, 15) is 9.59 Å². The number of carbonyl (C=O) groups is 2. The monoisotopic (exact) mass is 450 g/mol. The molecule has 0 saturated carbocycles. The predicted molar refractivity (Wildman–Crippen MR) is 114 cm³/mol. The van der Waals surface area contributed by atoms with E-state index in [0.717, 1.165) is 4.47 Å². The molecule has 0 atom stereocenters. The highest BCUT2D eigenvalue weighted by Crippen LogP contribution is 2.28. The number of carboxylic acids is 1. The molecule has 1 aliphatic rings. The van der Waals surface area contributed by atoms with E-state index in [0.29, 0.717) is 34.1 Å². The van der Waals surface area contributed by atoms with Gasteiger partial charge >= 0.3 is 5.97 Å². The maximum Gasteiger partial charge on any atom is 0.335 e. The molecule has 1 N–H and O–H groups in total. The molecule has 1 aromatic heterocycles. The number of carbonyl (C=O) groups excluding carboxylic acids is 1. The number of furan rings is 1. The molecule has 0 saturated heterocycles. The van der Waals surface area contributed by atoms with Crippen LogP contribution in [0.25, 0.3) is 17.4 Å². The van der Waals surface area contributed by atoms with Crippen LogP contribution in [0.1, 0.15) is 23.0 Å². The number of hydrogen-bond acceptors (Lipinski definition) is 4. The van der Waals surface area contributed by atoms with Crippen molar-refractivity contribution < 1.29 is 19.1 Å². The Balaban J connectivity index is 1.61. The van der Waals surface area contributed by atoms with E-state index in [-0.39, 0.29) is 11.5 Å². The van der Waals surface area contributed by atoms with E-state index in [1.54, 1.807) is 43.3 Å². The minimum Gasteiger partial charge on any atom is -0.478 e. The fourth-order valence-corrected chi connectivity index (χ4v) is 3.24. The number of amides is 1. The zero-order chi connectivity index (χ0) is 20.5. The Kier molecular flexibility index (Phi) is 4.90. The van der Waals surface area contributed by atoms with Crippen molar-refractivity contribution in [3.05, 3.63) is 82.0 Å². The fraction of sp³-hybridized carbons (Fsp3) is 0.0455. The number of aromatic carboxylic acids is 1. The molecule has 29 heavy (non-hydrogen) atoms. The second-order valence-electron chi connectivity index (χ2n) is 6.42. The molecule has 0 spiro atoms. The van der Waals surface area contributed by atoms with Gasteiger partial charge in [-0.25, -0.2) is 4.79 Å². The van der Waals surface area contributed by atoms with Crippen LogP contribution in [-0.2, 0) is 4.79 Å². The van der Waals surface area contributed by atoms with Gasteiger partial charge in [-0.2, -0.15) is 10.1 Å². The topological polar surface area (TPSA) is 83.1 Å². The molecule has 1 amide bonds. The molecule has 0 fully saturated rings. The number of nitrogens with zero attached hydrogens (tertiary/aromatic N) is 2. The summed E-state index contributed by atoms with van der Waals surface area (Å²) in [5.41, 5.74) is 2.52. The average molecular weight is 451 g/mol. The molecular formula is C22H15BrN2O4. The Hall–Kier alpha value is -3.45. The SMILES string of the molecule is CC1=NN(c2ccc(Br)cc2)C(=O)/C1=C/c1ccc(-c2cccc(C(=O)O)c2)o1. The first kappa shape index (κ1) is 18.9. The number of halogens is 1. The zero-order valence-electron chi connectivity index (χ0n) is 15.3. The van der Waals surface area contributed by atoms with E-state index in [1.165, 1.54) is 11.1 Å². The van der Waals surface area contributed by atoms with Gasteiger partial charge in [0, 0.05) is 10.0 Å². The number of rotatable bonds is 4. The summed E-state index contributed by atoms with van der Waals surface area (Å²) in [5.74, 6) is -0.242. The first-order valence-electron chi connectivity index (χ1n) is 8.73. The summed E-state index contributed by atoms with van der Waals surface area (Å²) in [6, 6.07) is 17.3. The second-order valence-corrected chi connectivity index (χ2v) is 7.34. The zero-order valence-corrected chi connectivity index (χ0v) is 16.9. The van der Waals surface area contributed by atoms with Crippen molar-refractivity contribution in [2.24, 2.45) is 5.10 Å². The van der Waals surface area contributed by atoms with Gasteiger partial charge in [-0.1, -0.05) is 28.1 Å². The Morgan fingerprint density at radius 1 is 1.14 bits per heavy atom. The molecule has 1 aliphatic heterocycles. The Labute approximate surface area is 174 Å². The smallest absolute Gasteiger partial charge is 0.335 e. The third kappa shape index (κ3) is 3.77. The first-order chi connectivity index (χ1) is 13.9. The Morgan fingerprint density at radius 2 is 1.90 bits per heavy atom. The summed E-state index contributed by atoms with van der Waals surface area (Å²) >= 11 is 3.38. The molecule has 6 nitrogen and oxygen atoms in total. The number of carboxylic acid groups (broad SMARTS) is 1. The summed E-state index contributed by atoms with van der Waals surface area (Å²) in [6.45, 7) is 1.77. The highest BCUT2D eigenvalue weighted by molar-refractivity contribution is 9.10. The van der Waals surface area contributed by atoms with Gasteiger partial charge in [0.25, 0.3) is 5.91 Å². The fourth-order valence-electron chi connectivity index (χ4n) is 2.97. The Morgan fingerprint density at radius 3 is 2.62 bits per heavy atom. The largest absolute Gasteiger partial charge is 0.478 e. The van der Waals surface area contributed by atoms with E-state index in [2.05, 4.69) is 21.0 Å². The van der Waals surface area contributed by atoms with Crippen molar-refractivity contribution in [2.75, 3.05) is 5.01 Å². The first-order valence-corrected chi connectivity index (χ1v) is 9.52. The third-order valence-electron chi connectivity index (χ3n) is 4.44. The lowest BCUT2D eigenvalue weighted by molar-refractivity contribution is -0.114. The van der Waals surface area contributed by atoms with Gasteiger partial charge in [0.15, 0.2) is 0 Å². The van der Waals surface area contributed by atoms with Crippen LogP contribution >= 0.6 is 15.9 Å². The summed E-state index contributed by atoms with van der Waals surface area (Å²) in [4.78, 5) is 24.0. The lowest BCUT2D eigenvalue weighted by Gasteiger charge is -2.11. The molecule has 2 heterocycles. The average Bonchev–Trinajstić information content (AvgIpc) is 3.29. The van der Waals surface area contributed by atoms with Crippen molar-refractivity contribution in [1.29, 1.82) is 0 Å². The standard InChI is InChI=1S/C22H15BrN2O4/c1-13-19(21(26)25(24-13)17-7-5-16(23)6-8-17)12-18-9-10-20(29-18)14-3-2-4-15(11-14)22(27)28/h2-12H,1H3,(H,27,28)/b19-12+. The molecule has 7 heteroatoms. The van der Waals surface area contributed by atoms with Crippen LogP contribution in [0.3, 0.4) is 0 Å². The molecule has 0 aliphatic carbocycles. The van der Waals surface area contributed by atoms with Gasteiger partial charge in [-0.3, -0.25) is 4.79 Å². The predicted octanol–water partition coefficient (Wildman–Crippen LogP) is 5.21. The number of hydrogen-bond donors (Lipinski definition) is 1. The van der Waals surface area contributed by atoms with Gasteiger partial charge in [0.2, 0.25) is 0 Å². The maximum atomic E-state index is 12.8. The molecule has 0 bridgehead atoms. The summed E-state index contributed by atoms with van der Waals surface area (Å²) < 4.78 is 6.73. The number of hydrazone groups is 1. The minimum atomic E-state index is -1.00. The van der Waals surface area contributed by atoms with Gasteiger partial charge in [-0.05, 0) is 61.5 Å². The van der Waals surface area contributed by atoms with Crippen LogP contribution in [0.15, 0.2) is 80.2 Å². The van der Waals surface area contributed by atoms with Crippen molar-refractivity contribution in [1.82, 2.24) is 0 Å². The van der Waals surface area contributed by atoms with Crippen LogP contribution in [0.5, 0.6) is 0 Å². The quantitative estimate of drug-likeness (QED) is 0.552. The molecule has 3 aromatic rings. The third-order valence-corrected chi connectivity index (χ3v) is 4.97. The molecular weight excluding hydrogens is 436 g/mol. The highest BCUT2D eigenvalue weighted by atomic mass is 79.9. The summed E-state index contributed by atoms with van der Waals surface area (Å²) in [5, 5.41) is 14.9. The minimum absolute atomic E-state index is 0.179. The van der Waals surface area contributed by atoms with Crippen molar-refractivity contribution in [3.8, 4) is 11.3 Å². The normalized spacial score (nSPS) is 15.1. The number of benzene rings is 2. The van der Waals surface area contributed by atoms with Crippen LogP contribution in [0.4, 0.5) is 5.69 Å². The molecule has 0 radical (unpaired) electrons. The molecule has 0 unspecified atom stereocenters. The van der Waals surface area contributed by atoms with Gasteiger partial charge in [-0.15, -0.1) is 0 Å². The van der Waals surface area contributed by atoms with E-state index >= 15 is 0 Å². The number of anilines is 1. The van der Waals surface area contributed by atoms with E-state index in [4.69, 9.17) is 9.52 Å². The van der Waals surface area contributed by atoms with Crippen LogP contribution in [0.2, 0.25) is 0 Å². The van der Waals surface area contributed by atoms with Crippen LogP contribution < -0.4 is 5.01 Å². The molecule has 4 rings (SSSR count). The van der Waals surface area contributed by atoms with Gasteiger partial charge in [0.05, 0.1) is 22.5 Å². The maximum absolute atomic E-state index is 12.8. The van der Waals surface area contributed by atoms with Crippen LogP contribution in [-0.4, -0.2) is 22.7 Å². The lowest BCUT2D eigenvalue weighted by Crippen LogP contribution is -2.21. The highest BCUT2D eigenvalue weighted by Gasteiger charge is 2.29. The molecule has 144 valence electrons.